The van der Waals surface area contributed by atoms with Crippen LogP contribution < -0.4 is 5.32 Å². The average molecular weight is 253 g/mol. The molecule has 0 aliphatic carbocycles. The predicted molar refractivity (Wildman–Crippen MR) is 69.9 cm³/mol. The molecule has 0 amide bonds. The predicted octanol–water partition coefficient (Wildman–Crippen LogP) is 1.77. The highest BCUT2D eigenvalue weighted by atomic mass is 35.5. The molecule has 0 atom stereocenters. The number of carbonyl (C=O) groups excluding carboxylic acids is 1. The molecule has 1 fully saturated rings. The van der Waals surface area contributed by atoms with E-state index in [4.69, 9.17) is 11.6 Å². The first kappa shape index (κ1) is 12.6. The quantitative estimate of drug-likeness (QED) is 0.829. The van der Waals surface area contributed by atoms with Gasteiger partial charge in [-0.25, -0.2) is 0 Å². The monoisotopic (exact) mass is 252 g/mol. The summed E-state index contributed by atoms with van der Waals surface area (Å²) in [5.41, 5.74) is 1.84. The molecule has 1 heterocycles. The molecule has 0 aromatic heterocycles. The molecule has 3 nitrogen and oxygen atoms in total. The number of Topliss-reactive ketones (excluding diaryl/α,β-unsaturated/α-hetero) is 1. The number of hydrogen-bond acceptors (Lipinski definition) is 3. The third-order valence-corrected chi connectivity index (χ3v) is 3.49. The van der Waals surface area contributed by atoms with Crippen molar-refractivity contribution in [2.75, 3.05) is 33.7 Å². The smallest absolute Gasteiger partial charge is 0.176 e. The van der Waals surface area contributed by atoms with Crippen LogP contribution in [-0.2, 0) is 0 Å². The molecular formula is C13H17ClN2O. The summed E-state index contributed by atoms with van der Waals surface area (Å²) in [6, 6.07) is 5.65. The molecule has 17 heavy (non-hydrogen) atoms. The van der Waals surface area contributed by atoms with E-state index >= 15 is 0 Å². The normalized spacial score (nSPS) is 16.9. The Labute approximate surface area is 107 Å². The van der Waals surface area contributed by atoms with E-state index in [1.807, 2.05) is 12.1 Å². The van der Waals surface area contributed by atoms with Gasteiger partial charge in [0.2, 0.25) is 0 Å². The molecule has 0 saturated carbocycles. The van der Waals surface area contributed by atoms with Gasteiger partial charge in [-0.2, -0.15) is 0 Å². The van der Waals surface area contributed by atoms with Crippen LogP contribution in [0.5, 0.6) is 0 Å². The van der Waals surface area contributed by atoms with Crippen LogP contribution in [0.3, 0.4) is 0 Å². The summed E-state index contributed by atoms with van der Waals surface area (Å²) in [6.07, 6.45) is 0. The second-order valence-corrected chi connectivity index (χ2v) is 5.02. The average Bonchev–Trinajstić information content (AvgIpc) is 2.25. The highest BCUT2D eigenvalue weighted by Crippen LogP contribution is 2.31. The van der Waals surface area contributed by atoms with Crippen LogP contribution in [-0.4, -0.2) is 44.4 Å². The number of hydrogen-bond donors (Lipinski definition) is 1. The van der Waals surface area contributed by atoms with Crippen molar-refractivity contribution in [1.82, 2.24) is 10.2 Å². The summed E-state index contributed by atoms with van der Waals surface area (Å²) < 4.78 is 0. The lowest BCUT2D eigenvalue weighted by Gasteiger charge is -2.37. The fourth-order valence-electron chi connectivity index (χ4n) is 2.19. The SMILES string of the molecule is CNCC(=O)c1ccc(C2CN(C)C2)c(Cl)c1. The Morgan fingerprint density at radius 2 is 2.24 bits per heavy atom. The number of ketones is 1. The van der Waals surface area contributed by atoms with Crippen molar-refractivity contribution in [3.05, 3.63) is 34.3 Å². The number of halogens is 1. The van der Waals surface area contributed by atoms with Gasteiger partial charge in [0.15, 0.2) is 5.78 Å². The lowest BCUT2D eigenvalue weighted by atomic mass is 9.91. The topological polar surface area (TPSA) is 32.3 Å². The maximum Gasteiger partial charge on any atom is 0.176 e. The van der Waals surface area contributed by atoms with Crippen LogP contribution in [0.2, 0.25) is 5.02 Å². The first-order valence-corrected chi connectivity index (χ1v) is 6.15. The zero-order valence-corrected chi connectivity index (χ0v) is 10.9. The van der Waals surface area contributed by atoms with Gasteiger partial charge in [-0.05, 0) is 25.7 Å². The Balaban J connectivity index is 2.14. The highest BCUT2D eigenvalue weighted by Gasteiger charge is 2.26. The van der Waals surface area contributed by atoms with Crippen LogP contribution in [0.15, 0.2) is 18.2 Å². The van der Waals surface area contributed by atoms with E-state index in [2.05, 4.69) is 17.3 Å². The number of benzene rings is 1. The minimum absolute atomic E-state index is 0.0756. The molecule has 0 unspecified atom stereocenters. The summed E-state index contributed by atoms with van der Waals surface area (Å²) >= 11 is 6.24. The lowest BCUT2D eigenvalue weighted by Crippen LogP contribution is -2.41. The molecule has 0 spiro atoms. The van der Waals surface area contributed by atoms with Crippen molar-refractivity contribution in [3.8, 4) is 0 Å². The van der Waals surface area contributed by atoms with Gasteiger partial charge >= 0.3 is 0 Å². The van der Waals surface area contributed by atoms with E-state index in [1.165, 1.54) is 0 Å². The Hall–Kier alpha value is -0.900. The summed E-state index contributed by atoms with van der Waals surface area (Å²) in [5.74, 6) is 0.590. The van der Waals surface area contributed by atoms with Crippen molar-refractivity contribution >= 4 is 17.4 Å². The van der Waals surface area contributed by atoms with Crippen molar-refractivity contribution < 1.29 is 4.79 Å². The molecule has 1 N–H and O–H groups in total. The number of rotatable bonds is 4. The minimum atomic E-state index is 0.0756. The molecule has 0 radical (unpaired) electrons. The fraction of sp³-hybridized carbons (Fsp3) is 0.462. The standard InChI is InChI=1S/C13H17ClN2O/c1-15-6-13(17)9-3-4-11(12(14)5-9)10-7-16(2)8-10/h3-5,10,15H,6-8H2,1-2H3. The summed E-state index contributed by atoms with van der Waals surface area (Å²) in [4.78, 5) is 13.9. The van der Waals surface area contributed by atoms with Crippen LogP contribution in [0.25, 0.3) is 0 Å². The second kappa shape index (κ2) is 5.17. The lowest BCUT2D eigenvalue weighted by molar-refractivity contribution is 0.0993. The molecule has 2 rings (SSSR count). The number of nitrogens with one attached hydrogen (secondary N) is 1. The maximum atomic E-state index is 11.7. The van der Waals surface area contributed by atoms with Gasteiger partial charge in [0, 0.05) is 29.6 Å². The molecule has 4 heteroatoms. The Morgan fingerprint density at radius 1 is 1.53 bits per heavy atom. The van der Waals surface area contributed by atoms with Gasteiger partial charge in [0.05, 0.1) is 6.54 Å². The molecular weight excluding hydrogens is 236 g/mol. The van der Waals surface area contributed by atoms with E-state index in [-0.39, 0.29) is 5.78 Å². The molecule has 1 aromatic carbocycles. The summed E-state index contributed by atoms with van der Waals surface area (Å²) in [5, 5.41) is 3.56. The third kappa shape index (κ3) is 2.68. The van der Waals surface area contributed by atoms with Gasteiger partial charge < -0.3 is 10.2 Å². The van der Waals surface area contributed by atoms with Crippen LogP contribution in [0, 0.1) is 0 Å². The Morgan fingerprint density at radius 3 is 2.76 bits per heavy atom. The third-order valence-electron chi connectivity index (χ3n) is 3.16. The van der Waals surface area contributed by atoms with E-state index in [0.29, 0.717) is 23.0 Å². The summed E-state index contributed by atoms with van der Waals surface area (Å²) in [6.45, 7) is 2.44. The van der Waals surface area contributed by atoms with Crippen LogP contribution >= 0.6 is 11.6 Å². The Bertz CT molecular complexity index is 427. The largest absolute Gasteiger partial charge is 0.313 e. The number of carbonyl (C=O) groups is 1. The van der Waals surface area contributed by atoms with E-state index in [0.717, 1.165) is 18.7 Å². The maximum absolute atomic E-state index is 11.7. The molecule has 92 valence electrons. The van der Waals surface area contributed by atoms with Crippen molar-refractivity contribution in [1.29, 1.82) is 0 Å². The number of likely N-dealkylation sites (tertiary alicyclic amines) is 1. The van der Waals surface area contributed by atoms with Gasteiger partial charge in [-0.1, -0.05) is 23.7 Å². The summed E-state index contributed by atoms with van der Waals surface area (Å²) in [7, 11) is 3.85. The van der Waals surface area contributed by atoms with Gasteiger partial charge in [0.25, 0.3) is 0 Å². The van der Waals surface area contributed by atoms with Crippen LogP contribution in [0.1, 0.15) is 21.8 Å². The second-order valence-electron chi connectivity index (χ2n) is 4.61. The molecule has 1 aliphatic rings. The molecule has 1 aliphatic heterocycles. The van der Waals surface area contributed by atoms with Gasteiger partial charge in [-0.3, -0.25) is 4.79 Å². The zero-order valence-electron chi connectivity index (χ0n) is 10.2. The zero-order chi connectivity index (χ0) is 12.4. The molecule has 1 saturated heterocycles. The van der Waals surface area contributed by atoms with Crippen molar-refractivity contribution in [2.45, 2.75) is 5.92 Å². The highest BCUT2D eigenvalue weighted by molar-refractivity contribution is 6.31. The number of nitrogens with zero attached hydrogens (tertiary/aromatic N) is 1. The Kier molecular flexibility index (Phi) is 3.82. The van der Waals surface area contributed by atoms with Crippen molar-refractivity contribution in [2.24, 2.45) is 0 Å². The van der Waals surface area contributed by atoms with Gasteiger partial charge in [0.1, 0.15) is 0 Å². The van der Waals surface area contributed by atoms with Gasteiger partial charge in [-0.15, -0.1) is 0 Å². The minimum Gasteiger partial charge on any atom is -0.313 e. The first-order valence-electron chi connectivity index (χ1n) is 5.77. The van der Waals surface area contributed by atoms with E-state index < -0.39 is 0 Å². The first-order chi connectivity index (χ1) is 8.11. The van der Waals surface area contributed by atoms with E-state index in [9.17, 15) is 4.79 Å². The van der Waals surface area contributed by atoms with Crippen molar-refractivity contribution in [3.63, 3.8) is 0 Å². The number of likely N-dealkylation sites (N-methyl/N-ethyl adjacent to an activating group) is 2. The fourth-order valence-corrected chi connectivity index (χ4v) is 2.52. The van der Waals surface area contributed by atoms with E-state index in [1.54, 1.807) is 13.1 Å². The van der Waals surface area contributed by atoms with Crippen LogP contribution in [0.4, 0.5) is 0 Å². The molecule has 1 aromatic rings. The molecule has 0 bridgehead atoms.